The number of halogens is 4. The highest BCUT2D eigenvalue weighted by Gasteiger charge is 2.33. The topological polar surface area (TPSA) is 69.6 Å². The number of thiazole rings is 1. The number of rotatable bonds is 7. The first-order valence-electron chi connectivity index (χ1n) is 9.05. The number of nitrogens with one attached hydrogen (secondary N) is 2. The minimum atomic E-state index is -4.41. The maximum Gasteiger partial charge on any atom is 0.434 e. The van der Waals surface area contributed by atoms with Crippen LogP contribution in [0.4, 0.5) is 13.2 Å². The minimum absolute atomic E-state index is 0. The number of carbonyl (C=O) groups is 1. The van der Waals surface area contributed by atoms with Crippen molar-refractivity contribution in [1.82, 2.24) is 20.5 Å². The molecule has 0 atom stereocenters. The summed E-state index contributed by atoms with van der Waals surface area (Å²) in [5, 5.41) is 7.64. The van der Waals surface area contributed by atoms with Gasteiger partial charge in [0.2, 0.25) is 0 Å². The van der Waals surface area contributed by atoms with E-state index in [1.165, 1.54) is 4.90 Å². The molecule has 2 rings (SSSR count). The van der Waals surface area contributed by atoms with Crippen LogP contribution in [0.5, 0.6) is 0 Å². The van der Waals surface area contributed by atoms with E-state index in [1.54, 1.807) is 26.2 Å². The van der Waals surface area contributed by atoms with Crippen molar-refractivity contribution in [2.75, 3.05) is 27.2 Å². The zero-order valence-corrected chi connectivity index (χ0v) is 20.1. The Bertz CT molecular complexity index is 837. The molecule has 11 heteroatoms. The summed E-state index contributed by atoms with van der Waals surface area (Å²) in [4.78, 5) is 21.5. The van der Waals surface area contributed by atoms with E-state index in [0.717, 1.165) is 22.3 Å². The fourth-order valence-corrected chi connectivity index (χ4v) is 3.17. The Morgan fingerprint density at radius 3 is 2.40 bits per heavy atom. The summed E-state index contributed by atoms with van der Waals surface area (Å²) < 4.78 is 37.8. The molecular weight excluding hydrogens is 530 g/mol. The summed E-state index contributed by atoms with van der Waals surface area (Å²) in [6, 6.07) is 7.21. The number of aliphatic imine (C=N–C) groups is 1. The predicted molar refractivity (Wildman–Crippen MR) is 124 cm³/mol. The Morgan fingerprint density at radius 2 is 1.87 bits per heavy atom. The van der Waals surface area contributed by atoms with Gasteiger partial charge in [0.25, 0.3) is 5.91 Å². The molecule has 0 bridgehead atoms. The van der Waals surface area contributed by atoms with Crippen LogP contribution in [0, 0.1) is 0 Å². The molecule has 2 aromatic rings. The Morgan fingerprint density at radius 1 is 1.20 bits per heavy atom. The molecule has 30 heavy (non-hydrogen) atoms. The highest BCUT2D eigenvalue weighted by Crippen LogP contribution is 2.29. The highest BCUT2D eigenvalue weighted by atomic mass is 127. The summed E-state index contributed by atoms with van der Waals surface area (Å²) in [5.41, 5.74) is 0.691. The number of nitrogens with zero attached hydrogens (tertiary/aromatic N) is 3. The van der Waals surface area contributed by atoms with Crippen molar-refractivity contribution in [3.8, 4) is 0 Å². The summed E-state index contributed by atoms with van der Waals surface area (Å²) in [5.74, 6) is 0.500. The van der Waals surface area contributed by atoms with E-state index in [-0.39, 0.29) is 29.9 Å². The average molecular weight is 555 g/mol. The first-order valence-corrected chi connectivity index (χ1v) is 9.93. The largest absolute Gasteiger partial charge is 0.434 e. The van der Waals surface area contributed by atoms with Gasteiger partial charge < -0.3 is 15.5 Å². The Kier molecular flexibility index (Phi) is 10.5. The SMILES string of the molecule is CCNC(=NCc1ccc(C(=O)N(C)C)cc1)NCCc1nc(C(F)(F)F)cs1.I. The first kappa shape index (κ1) is 26.1. The van der Waals surface area contributed by atoms with Gasteiger partial charge in [-0.2, -0.15) is 13.2 Å². The normalized spacial score (nSPS) is 11.6. The van der Waals surface area contributed by atoms with Gasteiger partial charge in [0.1, 0.15) is 0 Å². The second-order valence-corrected chi connectivity index (χ2v) is 7.34. The van der Waals surface area contributed by atoms with E-state index in [2.05, 4.69) is 20.6 Å². The van der Waals surface area contributed by atoms with Crippen LogP contribution in [-0.4, -0.2) is 48.9 Å². The van der Waals surface area contributed by atoms with Crippen LogP contribution in [0.15, 0.2) is 34.6 Å². The third-order valence-electron chi connectivity index (χ3n) is 3.84. The van der Waals surface area contributed by atoms with E-state index < -0.39 is 11.9 Å². The van der Waals surface area contributed by atoms with Gasteiger partial charge in [-0.15, -0.1) is 35.3 Å². The highest BCUT2D eigenvalue weighted by molar-refractivity contribution is 14.0. The van der Waals surface area contributed by atoms with Crippen molar-refractivity contribution < 1.29 is 18.0 Å². The lowest BCUT2D eigenvalue weighted by atomic mass is 10.1. The number of hydrogen-bond donors (Lipinski definition) is 2. The molecule has 166 valence electrons. The number of hydrogen-bond acceptors (Lipinski definition) is 4. The van der Waals surface area contributed by atoms with Gasteiger partial charge in [0, 0.05) is 44.5 Å². The van der Waals surface area contributed by atoms with Crippen molar-refractivity contribution in [3.05, 3.63) is 51.5 Å². The maximum absolute atomic E-state index is 12.6. The molecule has 1 heterocycles. The molecule has 0 aliphatic carbocycles. The fourth-order valence-electron chi connectivity index (χ4n) is 2.37. The van der Waals surface area contributed by atoms with Gasteiger partial charge in [0.15, 0.2) is 11.7 Å². The van der Waals surface area contributed by atoms with E-state index in [9.17, 15) is 18.0 Å². The number of carbonyl (C=O) groups excluding carboxylic acids is 1. The Hall–Kier alpha value is -1.89. The molecule has 0 radical (unpaired) electrons. The lowest BCUT2D eigenvalue weighted by molar-refractivity contribution is -0.140. The summed E-state index contributed by atoms with van der Waals surface area (Å²) in [6.45, 7) is 3.39. The monoisotopic (exact) mass is 555 g/mol. The molecule has 0 fully saturated rings. The lowest BCUT2D eigenvalue weighted by Gasteiger charge is -2.11. The molecule has 0 aliphatic rings. The quantitative estimate of drug-likeness (QED) is 0.310. The van der Waals surface area contributed by atoms with E-state index in [0.29, 0.717) is 42.6 Å². The number of benzene rings is 1. The average Bonchev–Trinajstić information content (AvgIpc) is 3.15. The number of amides is 1. The van der Waals surface area contributed by atoms with Crippen molar-refractivity contribution in [2.45, 2.75) is 26.1 Å². The zero-order valence-electron chi connectivity index (χ0n) is 16.9. The van der Waals surface area contributed by atoms with Gasteiger partial charge >= 0.3 is 6.18 Å². The van der Waals surface area contributed by atoms with Gasteiger partial charge in [-0.1, -0.05) is 12.1 Å². The third kappa shape index (κ3) is 8.09. The summed E-state index contributed by atoms with van der Waals surface area (Å²) >= 11 is 0.995. The molecule has 1 aromatic heterocycles. The first-order chi connectivity index (χ1) is 13.7. The lowest BCUT2D eigenvalue weighted by Crippen LogP contribution is -2.38. The van der Waals surface area contributed by atoms with E-state index in [1.807, 2.05) is 19.1 Å². The van der Waals surface area contributed by atoms with Crippen molar-refractivity contribution in [3.63, 3.8) is 0 Å². The summed E-state index contributed by atoms with van der Waals surface area (Å²) in [7, 11) is 3.40. The molecule has 0 saturated carbocycles. The molecule has 6 nitrogen and oxygen atoms in total. The van der Waals surface area contributed by atoms with Gasteiger partial charge in [-0.05, 0) is 24.6 Å². The predicted octanol–water partition coefficient (Wildman–Crippen LogP) is 3.78. The van der Waals surface area contributed by atoms with Crippen LogP contribution < -0.4 is 10.6 Å². The standard InChI is InChI=1S/C19H24F3N5OS.HI/c1-4-23-18(24-10-9-16-26-15(12-29-16)19(20,21)22)25-11-13-5-7-14(8-6-13)17(28)27(2)3;/h5-8,12H,4,9-11H2,1-3H3,(H2,23,24,25);1H. The zero-order chi connectivity index (χ0) is 21.4. The van der Waals surface area contributed by atoms with Crippen LogP contribution in [0.2, 0.25) is 0 Å². The maximum atomic E-state index is 12.6. The van der Waals surface area contributed by atoms with Crippen LogP contribution in [-0.2, 0) is 19.1 Å². The molecule has 0 unspecified atom stereocenters. The van der Waals surface area contributed by atoms with Crippen LogP contribution in [0.1, 0.15) is 33.5 Å². The number of guanidine groups is 1. The fraction of sp³-hybridized carbons (Fsp3) is 0.421. The Labute approximate surface area is 195 Å². The molecular formula is C19H25F3IN5OS. The summed E-state index contributed by atoms with van der Waals surface area (Å²) in [6.07, 6.45) is -4.04. The van der Waals surface area contributed by atoms with Gasteiger partial charge in [-0.3, -0.25) is 4.79 Å². The van der Waals surface area contributed by atoms with Crippen LogP contribution >= 0.6 is 35.3 Å². The number of aromatic nitrogens is 1. The number of alkyl halides is 3. The van der Waals surface area contributed by atoms with Crippen LogP contribution in [0.25, 0.3) is 0 Å². The van der Waals surface area contributed by atoms with E-state index >= 15 is 0 Å². The van der Waals surface area contributed by atoms with Crippen molar-refractivity contribution in [1.29, 1.82) is 0 Å². The molecule has 1 aromatic carbocycles. The molecule has 0 aliphatic heterocycles. The molecule has 1 amide bonds. The van der Waals surface area contributed by atoms with Gasteiger partial charge in [-0.25, -0.2) is 9.98 Å². The van der Waals surface area contributed by atoms with Crippen molar-refractivity contribution in [2.24, 2.45) is 4.99 Å². The molecule has 0 saturated heterocycles. The van der Waals surface area contributed by atoms with Gasteiger partial charge in [0.05, 0.1) is 11.6 Å². The third-order valence-corrected chi connectivity index (χ3v) is 4.75. The molecule has 2 N–H and O–H groups in total. The second kappa shape index (κ2) is 12.1. The minimum Gasteiger partial charge on any atom is -0.357 e. The second-order valence-electron chi connectivity index (χ2n) is 6.39. The van der Waals surface area contributed by atoms with E-state index in [4.69, 9.17) is 0 Å². The molecule has 0 spiro atoms. The smallest absolute Gasteiger partial charge is 0.357 e. The van der Waals surface area contributed by atoms with Crippen LogP contribution in [0.3, 0.4) is 0 Å². The Balaban J connectivity index is 0.00000450. The van der Waals surface area contributed by atoms with Crippen molar-refractivity contribution >= 4 is 47.2 Å².